The molecule has 0 spiro atoms. The van der Waals surface area contributed by atoms with E-state index in [1.54, 1.807) is 37.3 Å². The molecule has 1 N–H and O–H groups in total. The van der Waals surface area contributed by atoms with Crippen LogP contribution in [0.1, 0.15) is 36.6 Å². The third kappa shape index (κ3) is 5.83. The fourth-order valence-electron chi connectivity index (χ4n) is 4.27. The Balaban J connectivity index is 1.47. The van der Waals surface area contributed by atoms with Crippen molar-refractivity contribution in [3.63, 3.8) is 0 Å². The van der Waals surface area contributed by atoms with Gasteiger partial charge in [-0.2, -0.15) is 0 Å². The molecule has 7 nitrogen and oxygen atoms in total. The molecule has 0 aliphatic carbocycles. The molecule has 1 atom stereocenters. The van der Waals surface area contributed by atoms with Gasteiger partial charge in [-0.1, -0.05) is 60.2 Å². The van der Waals surface area contributed by atoms with Crippen LogP contribution in [0.4, 0.5) is 5.69 Å². The highest BCUT2D eigenvalue weighted by atomic mass is 16.5. The first-order chi connectivity index (χ1) is 18.3. The quantitative estimate of drug-likeness (QED) is 0.336. The van der Waals surface area contributed by atoms with Crippen LogP contribution in [0.5, 0.6) is 5.75 Å². The van der Waals surface area contributed by atoms with E-state index >= 15 is 0 Å². The molecule has 1 aliphatic rings. The molecule has 0 aromatic heterocycles. The average Bonchev–Trinajstić information content (AvgIpc) is 3.17. The number of hydrogen-bond donors (Lipinski definition) is 1. The fraction of sp³-hybridized carbons (Fsp3) is 0.194. The first-order valence-electron chi connectivity index (χ1n) is 12.3. The molecule has 4 rings (SSSR count). The van der Waals surface area contributed by atoms with E-state index in [1.165, 1.54) is 12.0 Å². The van der Waals surface area contributed by atoms with Gasteiger partial charge in [-0.25, -0.2) is 4.79 Å². The van der Waals surface area contributed by atoms with Gasteiger partial charge < -0.3 is 14.8 Å². The van der Waals surface area contributed by atoms with Gasteiger partial charge in [-0.05, 0) is 62.2 Å². The van der Waals surface area contributed by atoms with Gasteiger partial charge in [0.05, 0.1) is 24.3 Å². The van der Waals surface area contributed by atoms with Crippen LogP contribution >= 0.6 is 0 Å². The number of nitrogens with zero attached hydrogens (tertiary/aromatic N) is 1. The predicted octanol–water partition coefficient (Wildman–Crippen LogP) is 5.13. The van der Waals surface area contributed by atoms with E-state index in [2.05, 4.69) is 5.32 Å². The Morgan fingerprint density at radius 2 is 1.61 bits per heavy atom. The summed E-state index contributed by atoms with van der Waals surface area (Å²) in [6.45, 7) is 5.48. The van der Waals surface area contributed by atoms with Crippen LogP contribution in [0, 0.1) is 6.92 Å². The number of carbonyl (C=O) groups excluding carboxylic acids is 3. The van der Waals surface area contributed by atoms with Gasteiger partial charge in [0.15, 0.2) is 6.61 Å². The molecule has 194 valence electrons. The van der Waals surface area contributed by atoms with Crippen LogP contribution in [-0.2, 0) is 19.1 Å². The molecule has 7 heteroatoms. The van der Waals surface area contributed by atoms with Gasteiger partial charge in [0.25, 0.3) is 11.8 Å². The van der Waals surface area contributed by atoms with E-state index in [0.29, 0.717) is 22.7 Å². The Bertz CT molecular complexity index is 1390. The summed E-state index contributed by atoms with van der Waals surface area (Å²) in [6.07, 6.45) is 1.66. The average molecular weight is 511 g/mol. The number of hydrogen-bond acceptors (Lipinski definition) is 5. The molecule has 3 aromatic carbocycles. The number of esters is 1. The van der Waals surface area contributed by atoms with Gasteiger partial charge in [0, 0.05) is 11.4 Å². The molecular weight excluding hydrogens is 480 g/mol. The van der Waals surface area contributed by atoms with Gasteiger partial charge in [-0.15, -0.1) is 0 Å². The minimum Gasteiger partial charge on any atom is -0.484 e. The SMILES string of the molecule is COC(=O)C1=C(C)N(c2ccc(C)cc2)C(=O)/C1=C\c1ccc(OCC(=O)N[C@H](C)c2ccccc2)cc1. The number of aryl methyl sites for hydroxylation is 1. The van der Waals surface area contributed by atoms with Crippen molar-refractivity contribution in [2.45, 2.75) is 26.8 Å². The van der Waals surface area contributed by atoms with Crippen molar-refractivity contribution in [3.05, 3.63) is 112 Å². The normalized spacial score (nSPS) is 15.0. The van der Waals surface area contributed by atoms with Crippen molar-refractivity contribution < 1.29 is 23.9 Å². The fourth-order valence-corrected chi connectivity index (χ4v) is 4.27. The van der Waals surface area contributed by atoms with Crippen LogP contribution in [0.2, 0.25) is 0 Å². The second kappa shape index (κ2) is 11.6. The monoisotopic (exact) mass is 510 g/mol. The molecule has 2 amide bonds. The summed E-state index contributed by atoms with van der Waals surface area (Å²) in [5.74, 6) is -0.610. The molecule has 0 radical (unpaired) electrons. The first kappa shape index (κ1) is 26.4. The summed E-state index contributed by atoms with van der Waals surface area (Å²) in [5, 5.41) is 2.91. The Kier molecular flexibility index (Phi) is 8.06. The largest absolute Gasteiger partial charge is 0.484 e. The van der Waals surface area contributed by atoms with E-state index in [4.69, 9.17) is 9.47 Å². The van der Waals surface area contributed by atoms with Crippen molar-refractivity contribution in [3.8, 4) is 5.75 Å². The second-order valence-electron chi connectivity index (χ2n) is 9.04. The standard InChI is InChI=1S/C31H30N2O5/c1-20-10-14-25(15-11-20)33-22(3)29(31(36)37-4)27(30(33)35)18-23-12-16-26(17-13-23)38-19-28(34)32-21(2)24-8-6-5-7-9-24/h5-18,21H,19H2,1-4H3,(H,32,34)/b27-18-/t21-/m1/s1. The summed E-state index contributed by atoms with van der Waals surface area (Å²) < 4.78 is 10.6. The molecule has 38 heavy (non-hydrogen) atoms. The van der Waals surface area contributed by atoms with E-state index in [9.17, 15) is 14.4 Å². The number of amides is 2. The van der Waals surface area contributed by atoms with Crippen molar-refractivity contribution in [2.75, 3.05) is 18.6 Å². The highest BCUT2D eigenvalue weighted by Gasteiger charge is 2.37. The molecule has 3 aromatic rings. The number of carbonyl (C=O) groups is 3. The molecule has 0 saturated carbocycles. The highest BCUT2D eigenvalue weighted by Crippen LogP contribution is 2.35. The van der Waals surface area contributed by atoms with Crippen molar-refractivity contribution >= 4 is 29.5 Å². The van der Waals surface area contributed by atoms with Gasteiger partial charge in [0.1, 0.15) is 5.75 Å². The van der Waals surface area contributed by atoms with Crippen molar-refractivity contribution in [1.29, 1.82) is 0 Å². The Labute approximate surface area is 222 Å². The Hall–Kier alpha value is -4.65. The van der Waals surface area contributed by atoms with E-state index in [-0.39, 0.29) is 35.6 Å². The number of rotatable bonds is 8. The van der Waals surface area contributed by atoms with E-state index < -0.39 is 5.97 Å². The first-order valence-corrected chi connectivity index (χ1v) is 12.3. The topological polar surface area (TPSA) is 84.9 Å². The van der Waals surface area contributed by atoms with Crippen LogP contribution in [0.25, 0.3) is 6.08 Å². The van der Waals surface area contributed by atoms with Gasteiger partial charge >= 0.3 is 5.97 Å². The Morgan fingerprint density at radius 3 is 2.24 bits per heavy atom. The summed E-state index contributed by atoms with van der Waals surface area (Å²) in [6, 6.07) is 24.0. The molecule has 0 bridgehead atoms. The number of methoxy groups -OCH3 is 1. The summed E-state index contributed by atoms with van der Waals surface area (Å²) in [5.41, 5.74) is 4.43. The predicted molar refractivity (Wildman–Crippen MR) is 146 cm³/mol. The number of nitrogens with one attached hydrogen (secondary N) is 1. The zero-order valence-corrected chi connectivity index (χ0v) is 21.9. The summed E-state index contributed by atoms with van der Waals surface area (Å²) in [4.78, 5) is 39.9. The summed E-state index contributed by atoms with van der Waals surface area (Å²) >= 11 is 0. The maximum atomic E-state index is 13.4. The minimum atomic E-state index is -0.576. The number of allylic oxidation sites excluding steroid dienone is 1. The second-order valence-corrected chi connectivity index (χ2v) is 9.04. The zero-order valence-electron chi connectivity index (χ0n) is 21.9. The van der Waals surface area contributed by atoms with Crippen LogP contribution in [0.3, 0.4) is 0 Å². The lowest BCUT2D eigenvalue weighted by Crippen LogP contribution is -2.31. The maximum absolute atomic E-state index is 13.4. The number of anilines is 1. The molecule has 0 unspecified atom stereocenters. The molecular formula is C31H30N2O5. The molecule has 1 aliphatic heterocycles. The zero-order chi connectivity index (χ0) is 27.2. The Morgan fingerprint density at radius 1 is 0.947 bits per heavy atom. The molecule has 0 saturated heterocycles. The third-order valence-electron chi connectivity index (χ3n) is 6.32. The lowest BCUT2D eigenvalue weighted by Gasteiger charge is -2.18. The number of ether oxygens (including phenoxy) is 2. The summed E-state index contributed by atoms with van der Waals surface area (Å²) in [7, 11) is 1.29. The third-order valence-corrected chi connectivity index (χ3v) is 6.32. The minimum absolute atomic E-state index is 0.129. The van der Waals surface area contributed by atoms with Crippen LogP contribution in [0.15, 0.2) is 95.7 Å². The highest BCUT2D eigenvalue weighted by molar-refractivity contribution is 6.23. The van der Waals surface area contributed by atoms with Crippen LogP contribution < -0.4 is 15.0 Å². The maximum Gasteiger partial charge on any atom is 0.340 e. The van der Waals surface area contributed by atoms with Gasteiger partial charge in [-0.3, -0.25) is 14.5 Å². The molecule has 1 heterocycles. The van der Waals surface area contributed by atoms with Crippen molar-refractivity contribution in [1.82, 2.24) is 5.32 Å². The van der Waals surface area contributed by atoms with E-state index in [1.807, 2.05) is 68.4 Å². The molecule has 0 fully saturated rings. The van der Waals surface area contributed by atoms with Crippen molar-refractivity contribution in [2.24, 2.45) is 0 Å². The lowest BCUT2D eigenvalue weighted by molar-refractivity contribution is -0.136. The van der Waals surface area contributed by atoms with Gasteiger partial charge in [0.2, 0.25) is 0 Å². The van der Waals surface area contributed by atoms with Crippen LogP contribution in [-0.4, -0.2) is 31.5 Å². The lowest BCUT2D eigenvalue weighted by atomic mass is 10.0. The number of benzene rings is 3. The smallest absolute Gasteiger partial charge is 0.340 e. The van der Waals surface area contributed by atoms with E-state index in [0.717, 1.165) is 11.1 Å².